The Balaban J connectivity index is 1.57. The third-order valence-corrected chi connectivity index (χ3v) is 10.3. The van der Waals surface area contributed by atoms with Crippen molar-refractivity contribution in [2.45, 2.75) is 51.5 Å². The molecule has 0 spiro atoms. The Bertz CT molecular complexity index is 1360. The molecule has 0 aliphatic carbocycles. The zero-order valence-electron chi connectivity index (χ0n) is 23.8. The van der Waals surface area contributed by atoms with Crippen molar-refractivity contribution < 1.29 is 22.8 Å². The number of nitrogens with one attached hydrogen (secondary N) is 2. The molecule has 3 heterocycles. The van der Waals surface area contributed by atoms with Crippen LogP contribution in [-0.2, 0) is 23.0 Å². The zero-order valence-corrected chi connectivity index (χ0v) is 25.5. The minimum atomic E-state index is -3.67. The second-order valence-electron chi connectivity index (χ2n) is 11.1. The number of amides is 4. The summed E-state index contributed by atoms with van der Waals surface area (Å²) in [5.74, 6) is -0.439. The van der Waals surface area contributed by atoms with Gasteiger partial charge in [0.1, 0.15) is 5.00 Å². The van der Waals surface area contributed by atoms with Crippen molar-refractivity contribution in [2.75, 3.05) is 45.6 Å². The first-order chi connectivity index (χ1) is 18.9. The van der Waals surface area contributed by atoms with Gasteiger partial charge in [0, 0.05) is 50.7 Å². The number of anilines is 1. The lowest BCUT2D eigenvalue weighted by Crippen LogP contribution is -2.42. The van der Waals surface area contributed by atoms with Gasteiger partial charge in [0.2, 0.25) is 10.0 Å². The molecule has 2 aliphatic rings. The van der Waals surface area contributed by atoms with Crippen molar-refractivity contribution in [3.63, 3.8) is 0 Å². The average Bonchev–Trinajstić information content (AvgIpc) is 3.25. The predicted octanol–water partition coefficient (Wildman–Crippen LogP) is 3.85. The second-order valence-corrected chi connectivity index (χ2v) is 14.2. The molecule has 0 bridgehead atoms. The molecule has 2 aromatic rings. The summed E-state index contributed by atoms with van der Waals surface area (Å²) >= 11 is 1.34. The Hall–Kier alpha value is -2.80. The van der Waals surface area contributed by atoms with Gasteiger partial charge in [-0.05, 0) is 67.5 Å². The minimum absolute atomic E-state index is 0.148. The Morgan fingerprint density at radius 3 is 2.30 bits per heavy atom. The fraction of sp³-hybridized carbons (Fsp3) is 0.536. The Labute approximate surface area is 240 Å². The highest BCUT2D eigenvalue weighted by molar-refractivity contribution is 7.89. The monoisotopic (exact) mass is 589 g/mol. The van der Waals surface area contributed by atoms with E-state index in [4.69, 9.17) is 0 Å². The summed E-state index contributed by atoms with van der Waals surface area (Å²) in [4.78, 5) is 43.4. The molecule has 2 atom stereocenters. The molecule has 2 unspecified atom stereocenters. The standard InChI is InChI=1S/C28H39N5O5S2/c1-6-12-32-13-11-22-23(17-32)39-27(24(22)26(35)30-28(36)31(4)5)29-25(34)20-7-9-21(10-8-20)40(37,38)33-15-18(2)14-19(3)16-33/h7-10,18-19H,6,11-17H2,1-5H3,(H,29,34)(H,30,35,36). The number of thiophene rings is 1. The van der Waals surface area contributed by atoms with E-state index in [9.17, 15) is 22.8 Å². The van der Waals surface area contributed by atoms with E-state index in [0.717, 1.165) is 36.4 Å². The lowest BCUT2D eigenvalue weighted by molar-refractivity contribution is 0.0956. The predicted molar refractivity (Wildman–Crippen MR) is 156 cm³/mol. The van der Waals surface area contributed by atoms with Gasteiger partial charge in [0.25, 0.3) is 11.8 Å². The summed E-state index contributed by atoms with van der Waals surface area (Å²) in [5.41, 5.74) is 1.43. The van der Waals surface area contributed by atoms with Crippen LogP contribution in [0.5, 0.6) is 0 Å². The van der Waals surface area contributed by atoms with Crippen molar-refractivity contribution in [2.24, 2.45) is 11.8 Å². The lowest BCUT2D eigenvalue weighted by Gasteiger charge is -2.34. The number of imide groups is 1. The van der Waals surface area contributed by atoms with E-state index in [1.54, 1.807) is 14.1 Å². The number of benzene rings is 1. The summed E-state index contributed by atoms with van der Waals surface area (Å²) in [6.07, 6.45) is 2.65. The normalized spacial score (nSPS) is 20.0. The van der Waals surface area contributed by atoms with Crippen molar-refractivity contribution >= 4 is 44.2 Å². The number of carbonyl (C=O) groups is 3. The molecule has 1 saturated heterocycles. The number of sulfonamides is 1. The van der Waals surface area contributed by atoms with Gasteiger partial charge in [-0.15, -0.1) is 11.3 Å². The van der Waals surface area contributed by atoms with Gasteiger partial charge in [0.05, 0.1) is 10.5 Å². The molecule has 218 valence electrons. The van der Waals surface area contributed by atoms with Gasteiger partial charge < -0.3 is 10.2 Å². The molecule has 0 radical (unpaired) electrons. The van der Waals surface area contributed by atoms with Crippen LogP contribution in [0.1, 0.15) is 64.8 Å². The highest BCUT2D eigenvalue weighted by Gasteiger charge is 2.32. The topological polar surface area (TPSA) is 119 Å². The molecule has 1 aromatic carbocycles. The molecule has 2 aliphatic heterocycles. The van der Waals surface area contributed by atoms with Crippen molar-refractivity contribution in [1.29, 1.82) is 0 Å². The maximum atomic E-state index is 13.3. The van der Waals surface area contributed by atoms with Gasteiger partial charge in [0.15, 0.2) is 0 Å². The number of piperidine rings is 1. The molecule has 0 saturated carbocycles. The minimum Gasteiger partial charge on any atom is -0.331 e. The quantitative estimate of drug-likeness (QED) is 0.507. The highest BCUT2D eigenvalue weighted by atomic mass is 32.2. The second kappa shape index (κ2) is 12.4. The maximum absolute atomic E-state index is 13.3. The van der Waals surface area contributed by atoms with Crippen LogP contribution in [-0.4, -0.2) is 80.6 Å². The largest absolute Gasteiger partial charge is 0.331 e. The number of nitrogens with zero attached hydrogens (tertiary/aromatic N) is 3. The summed E-state index contributed by atoms with van der Waals surface area (Å²) in [6.45, 7) is 9.59. The van der Waals surface area contributed by atoms with E-state index < -0.39 is 27.9 Å². The first-order valence-corrected chi connectivity index (χ1v) is 16.0. The van der Waals surface area contributed by atoms with Crippen LogP contribution in [0.3, 0.4) is 0 Å². The molecule has 4 rings (SSSR count). The smallest absolute Gasteiger partial charge is 0.323 e. The van der Waals surface area contributed by atoms with E-state index >= 15 is 0 Å². The van der Waals surface area contributed by atoms with Crippen LogP contribution in [0.4, 0.5) is 9.80 Å². The van der Waals surface area contributed by atoms with Crippen LogP contribution < -0.4 is 10.6 Å². The lowest BCUT2D eigenvalue weighted by atomic mass is 9.94. The SMILES string of the molecule is CCCN1CCc2c(sc(NC(=O)c3ccc(S(=O)(=O)N4CC(C)CC(C)C4)cc3)c2C(=O)NC(=O)N(C)C)C1. The van der Waals surface area contributed by atoms with E-state index in [2.05, 4.69) is 36.3 Å². The number of fused-ring (bicyclic) bond motifs is 1. The van der Waals surface area contributed by atoms with E-state index in [-0.39, 0.29) is 22.3 Å². The Kier molecular flexibility index (Phi) is 9.33. The molecule has 10 nitrogen and oxygen atoms in total. The average molecular weight is 590 g/mol. The summed E-state index contributed by atoms with van der Waals surface area (Å²) in [6, 6.07) is 5.36. The molecule has 1 fully saturated rings. The number of carbonyl (C=O) groups excluding carboxylic acids is 3. The third kappa shape index (κ3) is 6.56. The fourth-order valence-electron chi connectivity index (χ4n) is 5.47. The Morgan fingerprint density at radius 2 is 1.70 bits per heavy atom. The molecule has 1 aromatic heterocycles. The van der Waals surface area contributed by atoms with Crippen molar-refractivity contribution in [3.8, 4) is 0 Å². The summed E-state index contributed by atoms with van der Waals surface area (Å²) in [7, 11) is -0.570. The van der Waals surface area contributed by atoms with Crippen LogP contribution in [0.2, 0.25) is 0 Å². The molecular weight excluding hydrogens is 550 g/mol. The van der Waals surface area contributed by atoms with Gasteiger partial charge in [-0.25, -0.2) is 13.2 Å². The first kappa shape index (κ1) is 30.2. The molecule has 12 heteroatoms. The summed E-state index contributed by atoms with van der Waals surface area (Å²) < 4.78 is 28.0. The van der Waals surface area contributed by atoms with Gasteiger partial charge >= 0.3 is 6.03 Å². The molecule has 2 N–H and O–H groups in total. The first-order valence-electron chi connectivity index (χ1n) is 13.7. The number of rotatable bonds is 7. The molecule has 4 amide bonds. The molecular formula is C28H39N5O5S2. The van der Waals surface area contributed by atoms with Crippen LogP contribution in [0, 0.1) is 11.8 Å². The van der Waals surface area contributed by atoms with Crippen LogP contribution in [0.15, 0.2) is 29.2 Å². The fourth-order valence-corrected chi connectivity index (χ4v) is 8.43. The zero-order chi connectivity index (χ0) is 29.2. The van der Waals surface area contributed by atoms with Crippen molar-refractivity contribution in [1.82, 2.24) is 19.4 Å². The summed E-state index contributed by atoms with van der Waals surface area (Å²) in [5, 5.41) is 5.64. The van der Waals surface area contributed by atoms with E-state index in [1.807, 2.05) is 0 Å². The number of hydrogen-bond acceptors (Lipinski definition) is 7. The molecule has 40 heavy (non-hydrogen) atoms. The van der Waals surface area contributed by atoms with Gasteiger partial charge in [-0.1, -0.05) is 20.8 Å². The highest BCUT2D eigenvalue weighted by Crippen LogP contribution is 2.37. The van der Waals surface area contributed by atoms with Crippen LogP contribution >= 0.6 is 11.3 Å². The van der Waals surface area contributed by atoms with E-state index in [1.165, 1.54) is 44.8 Å². The van der Waals surface area contributed by atoms with Crippen LogP contribution in [0.25, 0.3) is 0 Å². The number of hydrogen-bond donors (Lipinski definition) is 2. The maximum Gasteiger partial charge on any atom is 0.323 e. The van der Waals surface area contributed by atoms with E-state index in [0.29, 0.717) is 36.6 Å². The third-order valence-electron chi connectivity index (χ3n) is 7.35. The number of urea groups is 1. The van der Waals surface area contributed by atoms with Gasteiger partial charge in [-0.3, -0.25) is 19.8 Å². The van der Waals surface area contributed by atoms with Crippen molar-refractivity contribution in [3.05, 3.63) is 45.8 Å². The Morgan fingerprint density at radius 1 is 1.05 bits per heavy atom. The van der Waals surface area contributed by atoms with Gasteiger partial charge in [-0.2, -0.15) is 4.31 Å².